The van der Waals surface area contributed by atoms with Gasteiger partial charge < -0.3 is 24.4 Å². The van der Waals surface area contributed by atoms with Crippen molar-refractivity contribution in [2.75, 3.05) is 40.9 Å². The van der Waals surface area contributed by atoms with E-state index in [1.54, 1.807) is 18.2 Å². The number of carbonyl (C=O) groups excluding carboxylic acids is 2. The third-order valence-electron chi connectivity index (χ3n) is 5.25. The van der Waals surface area contributed by atoms with Crippen LogP contribution in [0, 0.1) is 5.82 Å². The summed E-state index contributed by atoms with van der Waals surface area (Å²) in [7, 11) is 5.23. The van der Waals surface area contributed by atoms with Crippen LogP contribution in [0.15, 0.2) is 48.0 Å². The average molecular weight is 442 g/mol. The molecule has 0 aromatic heterocycles. The summed E-state index contributed by atoms with van der Waals surface area (Å²) < 4.78 is 24.4. The summed E-state index contributed by atoms with van der Waals surface area (Å²) >= 11 is 0. The first kappa shape index (κ1) is 23.3. The zero-order valence-electron chi connectivity index (χ0n) is 18.6. The monoisotopic (exact) mass is 442 g/mol. The molecule has 0 saturated carbocycles. The van der Waals surface area contributed by atoms with Crippen LogP contribution in [-0.2, 0) is 9.59 Å². The van der Waals surface area contributed by atoms with Gasteiger partial charge in [-0.1, -0.05) is 6.07 Å². The number of carbonyl (C=O) groups is 2. The number of hydrogen-bond acceptors (Lipinski definition) is 6. The summed E-state index contributed by atoms with van der Waals surface area (Å²) in [4.78, 5) is 29.3. The third kappa shape index (κ3) is 4.60. The standard InChI is InChI=1S/C24H27FN2O5/c1-5-32-18-11-8-16(14-19(18)31-4)21-20(22(28)15-6-9-17(25)10-7-15)23(29)24(30)27(21)13-12-26(2)3/h6-11,14,21,28H,5,12-13H2,1-4H3/b22-20-. The number of nitrogens with zero attached hydrogens (tertiary/aromatic N) is 2. The van der Waals surface area contributed by atoms with Crippen molar-refractivity contribution >= 4 is 17.4 Å². The number of benzene rings is 2. The maximum atomic E-state index is 13.4. The van der Waals surface area contributed by atoms with Crippen molar-refractivity contribution in [1.82, 2.24) is 9.80 Å². The van der Waals surface area contributed by atoms with Crippen LogP contribution < -0.4 is 9.47 Å². The van der Waals surface area contributed by atoms with Crippen LogP contribution in [0.2, 0.25) is 0 Å². The predicted octanol–water partition coefficient (Wildman–Crippen LogP) is 3.22. The zero-order chi connectivity index (χ0) is 23.4. The first-order valence-electron chi connectivity index (χ1n) is 10.3. The predicted molar refractivity (Wildman–Crippen MR) is 118 cm³/mol. The minimum absolute atomic E-state index is 0.0495. The lowest BCUT2D eigenvalue weighted by Crippen LogP contribution is -2.35. The number of aliphatic hydroxyl groups is 1. The zero-order valence-corrected chi connectivity index (χ0v) is 18.6. The molecule has 0 bridgehead atoms. The first-order chi connectivity index (χ1) is 15.3. The van der Waals surface area contributed by atoms with E-state index in [0.717, 1.165) is 0 Å². The van der Waals surface area contributed by atoms with Gasteiger partial charge in [0.25, 0.3) is 11.7 Å². The highest BCUT2D eigenvalue weighted by atomic mass is 19.1. The Labute approximate surface area is 186 Å². The van der Waals surface area contributed by atoms with Crippen LogP contribution in [0.5, 0.6) is 11.5 Å². The van der Waals surface area contributed by atoms with Crippen molar-refractivity contribution in [3.63, 3.8) is 0 Å². The minimum Gasteiger partial charge on any atom is -0.507 e. The van der Waals surface area contributed by atoms with Gasteiger partial charge in [-0.2, -0.15) is 0 Å². The molecule has 0 aliphatic carbocycles. The number of Topliss-reactive ketones (excluding diaryl/α,β-unsaturated/α-hetero) is 1. The molecule has 7 nitrogen and oxygen atoms in total. The largest absolute Gasteiger partial charge is 0.507 e. The molecule has 1 atom stereocenters. The van der Waals surface area contributed by atoms with Crippen LogP contribution >= 0.6 is 0 Å². The van der Waals surface area contributed by atoms with E-state index in [2.05, 4.69) is 0 Å². The second-order valence-electron chi connectivity index (χ2n) is 7.65. The van der Waals surface area contributed by atoms with E-state index in [9.17, 15) is 19.1 Å². The lowest BCUT2D eigenvalue weighted by molar-refractivity contribution is -0.140. The Kier molecular flexibility index (Phi) is 7.15. The molecule has 1 fully saturated rings. The number of likely N-dealkylation sites (N-methyl/N-ethyl adjacent to an activating group) is 1. The molecule has 1 aliphatic rings. The molecule has 2 aromatic carbocycles. The number of methoxy groups -OCH3 is 1. The van der Waals surface area contributed by atoms with Gasteiger partial charge >= 0.3 is 0 Å². The summed E-state index contributed by atoms with van der Waals surface area (Å²) in [5, 5.41) is 11.0. The third-order valence-corrected chi connectivity index (χ3v) is 5.25. The second kappa shape index (κ2) is 9.82. The Morgan fingerprint density at radius 2 is 1.81 bits per heavy atom. The van der Waals surface area contributed by atoms with Gasteiger partial charge in [-0.25, -0.2) is 4.39 Å². The Morgan fingerprint density at radius 3 is 2.41 bits per heavy atom. The summed E-state index contributed by atoms with van der Waals surface area (Å²) in [5.41, 5.74) is 0.790. The van der Waals surface area contributed by atoms with Crippen molar-refractivity contribution in [2.24, 2.45) is 0 Å². The summed E-state index contributed by atoms with van der Waals surface area (Å²) in [6, 6.07) is 9.43. The van der Waals surface area contributed by atoms with E-state index in [4.69, 9.17) is 9.47 Å². The molecule has 0 radical (unpaired) electrons. The molecular weight excluding hydrogens is 415 g/mol. The van der Waals surface area contributed by atoms with Gasteiger partial charge in [0.15, 0.2) is 11.5 Å². The highest BCUT2D eigenvalue weighted by Gasteiger charge is 2.46. The molecule has 1 N–H and O–H groups in total. The molecule has 1 amide bonds. The SMILES string of the molecule is CCOc1ccc(C2/C(=C(/O)c3ccc(F)cc3)C(=O)C(=O)N2CCN(C)C)cc1OC. The fourth-order valence-corrected chi connectivity index (χ4v) is 3.66. The van der Waals surface area contributed by atoms with Gasteiger partial charge in [0.2, 0.25) is 0 Å². The van der Waals surface area contributed by atoms with Gasteiger partial charge in [-0.3, -0.25) is 9.59 Å². The molecule has 8 heteroatoms. The summed E-state index contributed by atoms with van der Waals surface area (Å²) in [6.45, 7) is 3.10. The first-order valence-corrected chi connectivity index (χ1v) is 10.3. The molecule has 1 heterocycles. The molecule has 32 heavy (non-hydrogen) atoms. The lowest BCUT2D eigenvalue weighted by atomic mass is 9.95. The molecule has 170 valence electrons. The fraction of sp³-hybridized carbons (Fsp3) is 0.333. The van der Waals surface area contributed by atoms with E-state index in [1.165, 1.54) is 36.3 Å². The molecule has 0 spiro atoms. The van der Waals surface area contributed by atoms with Crippen LogP contribution in [-0.4, -0.2) is 67.5 Å². The quantitative estimate of drug-likeness (QED) is 0.384. The molecule has 1 unspecified atom stereocenters. The van der Waals surface area contributed by atoms with Crippen LogP contribution in [0.4, 0.5) is 4.39 Å². The second-order valence-corrected chi connectivity index (χ2v) is 7.65. The highest BCUT2D eigenvalue weighted by molar-refractivity contribution is 6.46. The van der Waals surface area contributed by atoms with Crippen molar-refractivity contribution in [3.05, 3.63) is 65.0 Å². The minimum atomic E-state index is -0.829. The van der Waals surface area contributed by atoms with Crippen molar-refractivity contribution in [3.8, 4) is 11.5 Å². The number of halogens is 1. The van der Waals surface area contributed by atoms with Gasteiger partial charge in [0.05, 0.1) is 25.3 Å². The fourth-order valence-electron chi connectivity index (χ4n) is 3.66. The molecular formula is C24H27FN2O5. The lowest BCUT2D eigenvalue weighted by Gasteiger charge is -2.27. The Morgan fingerprint density at radius 1 is 1.12 bits per heavy atom. The number of ketones is 1. The number of aliphatic hydroxyl groups excluding tert-OH is 1. The van der Waals surface area contributed by atoms with Crippen molar-refractivity contribution in [1.29, 1.82) is 0 Å². The van der Waals surface area contributed by atoms with E-state index >= 15 is 0 Å². The molecule has 1 aliphatic heterocycles. The van der Waals surface area contributed by atoms with Crippen LogP contribution in [0.1, 0.15) is 24.1 Å². The molecule has 2 aromatic rings. The van der Waals surface area contributed by atoms with Crippen molar-refractivity contribution < 1.29 is 28.6 Å². The normalized spacial score (nSPS) is 17.8. The van der Waals surface area contributed by atoms with Gasteiger partial charge in [-0.15, -0.1) is 0 Å². The Balaban J connectivity index is 2.16. The summed E-state index contributed by atoms with van der Waals surface area (Å²) in [5.74, 6) is -1.34. The van der Waals surface area contributed by atoms with E-state index < -0.39 is 23.5 Å². The Hall–Kier alpha value is -3.39. The number of amides is 1. The maximum absolute atomic E-state index is 13.4. The van der Waals surface area contributed by atoms with Crippen LogP contribution in [0.3, 0.4) is 0 Å². The van der Waals surface area contributed by atoms with Crippen LogP contribution in [0.25, 0.3) is 5.76 Å². The Bertz CT molecular complexity index is 1030. The van der Waals surface area contributed by atoms with Gasteiger partial charge in [0.1, 0.15) is 11.6 Å². The number of rotatable bonds is 8. The van der Waals surface area contributed by atoms with E-state index in [1.807, 2.05) is 25.9 Å². The topological polar surface area (TPSA) is 79.3 Å². The maximum Gasteiger partial charge on any atom is 0.295 e. The molecule has 3 rings (SSSR count). The molecule has 1 saturated heterocycles. The average Bonchev–Trinajstić information content (AvgIpc) is 3.03. The number of hydrogen-bond donors (Lipinski definition) is 1. The number of likely N-dealkylation sites (tertiary alicyclic amines) is 1. The van der Waals surface area contributed by atoms with Crippen molar-refractivity contribution in [2.45, 2.75) is 13.0 Å². The summed E-state index contributed by atoms with van der Waals surface area (Å²) in [6.07, 6.45) is 0. The smallest absolute Gasteiger partial charge is 0.295 e. The van der Waals surface area contributed by atoms with Gasteiger partial charge in [-0.05, 0) is 63.0 Å². The van der Waals surface area contributed by atoms with E-state index in [-0.39, 0.29) is 23.4 Å². The van der Waals surface area contributed by atoms with Gasteiger partial charge in [0, 0.05) is 18.7 Å². The number of ether oxygens (including phenoxy) is 2. The van der Waals surface area contributed by atoms with E-state index in [0.29, 0.717) is 30.2 Å². The highest BCUT2D eigenvalue weighted by Crippen LogP contribution is 2.41.